The Kier molecular flexibility index (Phi) is 10.6. The van der Waals surface area contributed by atoms with Gasteiger partial charge in [-0.2, -0.15) is 13.2 Å². The molecule has 3 aromatic rings. The number of nitrogens with one attached hydrogen (secondary N) is 1. The van der Waals surface area contributed by atoms with E-state index in [-0.39, 0.29) is 29.8 Å². The SMILES string of the molecule is CC[C@H](C(=O)NC1CCCC1)N(Cc1ccc(C)cc1)C(=O)CN(c1ccc(Cl)c(C(F)(F)F)c1)S(=O)(=O)c1ccccc1. The highest BCUT2D eigenvalue weighted by Crippen LogP contribution is 2.38. The van der Waals surface area contributed by atoms with Gasteiger partial charge in [-0.25, -0.2) is 8.42 Å². The van der Waals surface area contributed by atoms with Crippen LogP contribution >= 0.6 is 11.6 Å². The number of hydrogen-bond donors (Lipinski definition) is 1. The molecule has 0 unspecified atom stereocenters. The second kappa shape index (κ2) is 14.0. The minimum Gasteiger partial charge on any atom is -0.352 e. The number of amides is 2. The van der Waals surface area contributed by atoms with Crippen LogP contribution in [0, 0.1) is 6.92 Å². The van der Waals surface area contributed by atoms with Gasteiger partial charge in [0.15, 0.2) is 0 Å². The molecule has 0 radical (unpaired) electrons. The molecule has 1 saturated carbocycles. The van der Waals surface area contributed by atoms with E-state index >= 15 is 0 Å². The van der Waals surface area contributed by atoms with Crippen molar-refractivity contribution in [3.63, 3.8) is 0 Å². The molecule has 44 heavy (non-hydrogen) atoms. The molecule has 1 aliphatic carbocycles. The lowest BCUT2D eigenvalue weighted by molar-refractivity contribution is -0.140. The molecule has 1 atom stereocenters. The van der Waals surface area contributed by atoms with E-state index in [1.807, 2.05) is 31.2 Å². The van der Waals surface area contributed by atoms with Gasteiger partial charge in [0.25, 0.3) is 10.0 Å². The van der Waals surface area contributed by atoms with E-state index < -0.39 is 51.0 Å². The highest BCUT2D eigenvalue weighted by Gasteiger charge is 2.37. The van der Waals surface area contributed by atoms with Crippen LogP contribution in [0.3, 0.4) is 0 Å². The Balaban J connectivity index is 1.77. The van der Waals surface area contributed by atoms with Crippen molar-refractivity contribution in [2.24, 2.45) is 0 Å². The zero-order valence-corrected chi connectivity index (χ0v) is 26.1. The smallest absolute Gasteiger partial charge is 0.352 e. The molecule has 0 heterocycles. The van der Waals surface area contributed by atoms with E-state index in [0.29, 0.717) is 15.9 Å². The number of benzene rings is 3. The van der Waals surface area contributed by atoms with Crippen LogP contribution in [0.2, 0.25) is 5.02 Å². The van der Waals surface area contributed by atoms with E-state index in [4.69, 9.17) is 11.6 Å². The quantitative estimate of drug-likeness (QED) is 0.250. The summed E-state index contributed by atoms with van der Waals surface area (Å²) in [6.45, 7) is 2.80. The molecule has 3 aromatic carbocycles. The zero-order valence-electron chi connectivity index (χ0n) is 24.5. The van der Waals surface area contributed by atoms with Gasteiger partial charge >= 0.3 is 6.18 Å². The maximum absolute atomic E-state index is 14.2. The Morgan fingerprint density at radius 1 is 1.00 bits per heavy atom. The molecule has 0 saturated heterocycles. The molecule has 4 rings (SSSR count). The number of carbonyl (C=O) groups is 2. The largest absolute Gasteiger partial charge is 0.417 e. The second-order valence-electron chi connectivity index (χ2n) is 10.9. The van der Waals surface area contributed by atoms with Crippen molar-refractivity contribution in [2.75, 3.05) is 10.8 Å². The van der Waals surface area contributed by atoms with Crippen molar-refractivity contribution in [1.82, 2.24) is 10.2 Å². The first-order valence-electron chi connectivity index (χ1n) is 14.4. The molecule has 236 valence electrons. The topological polar surface area (TPSA) is 86.8 Å². The fourth-order valence-electron chi connectivity index (χ4n) is 5.31. The minimum absolute atomic E-state index is 0.0106. The van der Waals surface area contributed by atoms with Gasteiger partial charge in [-0.15, -0.1) is 0 Å². The summed E-state index contributed by atoms with van der Waals surface area (Å²) >= 11 is 5.83. The van der Waals surface area contributed by atoms with Crippen LogP contribution in [0.25, 0.3) is 0 Å². The van der Waals surface area contributed by atoms with Crippen LogP contribution in [-0.4, -0.2) is 43.8 Å². The molecule has 1 aliphatic rings. The Hall–Kier alpha value is -3.57. The summed E-state index contributed by atoms with van der Waals surface area (Å²) in [6, 6.07) is 16.2. The zero-order chi connectivity index (χ0) is 32.1. The Morgan fingerprint density at radius 2 is 1.64 bits per heavy atom. The third-order valence-corrected chi connectivity index (χ3v) is 9.83. The van der Waals surface area contributed by atoms with Crippen molar-refractivity contribution in [3.8, 4) is 0 Å². The second-order valence-corrected chi connectivity index (χ2v) is 13.2. The Labute approximate surface area is 261 Å². The van der Waals surface area contributed by atoms with Crippen LogP contribution < -0.4 is 9.62 Å². The first kappa shape index (κ1) is 33.3. The van der Waals surface area contributed by atoms with Gasteiger partial charge in [0.05, 0.1) is 21.2 Å². The Bertz CT molecular complexity index is 1560. The maximum atomic E-state index is 14.2. The van der Waals surface area contributed by atoms with Crippen LogP contribution in [0.1, 0.15) is 55.7 Å². The maximum Gasteiger partial charge on any atom is 0.417 e. The van der Waals surface area contributed by atoms with Gasteiger partial charge in [0.2, 0.25) is 11.8 Å². The standard InChI is InChI=1S/C32H35ClF3N3O4S/c1-3-29(31(41)37-24-9-7-8-10-24)38(20-23-15-13-22(2)14-16-23)30(40)21-39(44(42,43)26-11-5-4-6-12-26)25-17-18-28(33)27(19-25)32(34,35)36/h4-6,11-19,24,29H,3,7-10,20-21H2,1-2H3,(H,37,41)/t29-/m1/s1. The molecular formula is C32H35ClF3N3O4S. The lowest BCUT2D eigenvalue weighted by Gasteiger charge is -2.34. The average molecular weight is 650 g/mol. The van der Waals surface area contributed by atoms with E-state index in [9.17, 15) is 31.2 Å². The Morgan fingerprint density at radius 3 is 2.23 bits per heavy atom. The monoisotopic (exact) mass is 649 g/mol. The third-order valence-electron chi connectivity index (χ3n) is 7.71. The molecule has 1 fully saturated rings. The predicted molar refractivity (Wildman–Crippen MR) is 164 cm³/mol. The predicted octanol–water partition coefficient (Wildman–Crippen LogP) is 6.73. The number of halogens is 4. The van der Waals surface area contributed by atoms with Gasteiger partial charge in [-0.3, -0.25) is 13.9 Å². The summed E-state index contributed by atoms with van der Waals surface area (Å²) in [4.78, 5) is 28.8. The molecule has 7 nitrogen and oxygen atoms in total. The fourth-order valence-corrected chi connectivity index (χ4v) is 6.96. The van der Waals surface area contributed by atoms with E-state index in [1.165, 1.54) is 29.2 Å². The van der Waals surface area contributed by atoms with Crippen LogP contribution in [0.4, 0.5) is 18.9 Å². The van der Waals surface area contributed by atoms with Crippen LogP contribution in [0.5, 0.6) is 0 Å². The molecule has 0 spiro atoms. The highest BCUT2D eigenvalue weighted by atomic mass is 35.5. The molecule has 0 aliphatic heterocycles. The summed E-state index contributed by atoms with van der Waals surface area (Å²) in [7, 11) is -4.53. The number of rotatable bonds is 11. The lowest BCUT2D eigenvalue weighted by atomic mass is 10.1. The fraction of sp³-hybridized carbons (Fsp3) is 0.375. The van der Waals surface area contributed by atoms with Crippen LogP contribution in [0.15, 0.2) is 77.7 Å². The lowest BCUT2D eigenvalue weighted by Crippen LogP contribution is -2.53. The average Bonchev–Trinajstić information content (AvgIpc) is 3.50. The number of alkyl halides is 3. The molecule has 12 heteroatoms. The van der Waals surface area contributed by atoms with Crippen molar-refractivity contribution in [1.29, 1.82) is 0 Å². The van der Waals surface area contributed by atoms with Crippen molar-refractivity contribution in [2.45, 2.75) is 75.7 Å². The number of hydrogen-bond acceptors (Lipinski definition) is 4. The normalized spacial score (nSPS) is 14.7. The van der Waals surface area contributed by atoms with Gasteiger partial charge in [-0.1, -0.05) is 79.4 Å². The molecule has 1 N–H and O–H groups in total. The number of sulfonamides is 1. The van der Waals surface area contributed by atoms with Crippen LogP contribution in [-0.2, 0) is 32.3 Å². The number of nitrogens with zero attached hydrogens (tertiary/aromatic N) is 2. The summed E-state index contributed by atoms with van der Waals surface area (Å²) in [6.07, 6.45) is -1.00. The summed E-state index contributed by atoms with van der Waals surface area (Å²) < 4.78 is 69.9. The third kappa shape index (κ3) is 7.92. The van der Waals surface area contributed by atoms with Gasteiger partial charge in [-0.05, 0) is 62.1 Å². The molecule has 0 bridgehead atoms. The molecule has 2 amide bonds. The molecule has 0 aromatic heterocycles. The van der Waals surface area contributed by atoms with Crippen molar-refractivity contribution < 1.29 is 31.2 Å². The number of aryl methyl sites for hydroxylation is 1. The van der Waals surface area contributed by atoms with Gasteiger partial charge in [0, 0.05) is 12.6 Å². The summed E-state index contributed by atoms with van der Waals surface area (Å²) in [5.74, 6) is -1.11. The first-order valence-corrected chi connectivity index (χ1v) is 16.2. The van der Waals surface area contributed by atoms with E-state index in [2.05, 4.69) is 5.32 Å². The number of carbonyl (C=O) groups excluding carboxylic acids is 2. The number of anilines is 1. The minimum atomic E-state index is -4.87. The first-order chi connectivity index (χ1) is 20.8. The van der Waals surface area contributed by atoms with E-state index in [1.54, 1.807) is 13.0 Å². The van der Waals surface area contributed by atoms with Gasteiger partial charge < -0.3 is 10.2 Å². The summed E-state index contributed by atoms with van der Waals surface area (Å²) in [5, 5.41) is 2.42. The van der Waals surface area contributed by atoms with Gasteiger partial charge in [0.1, 0.15) is 12.6 Å². The summed E-state index contributed by atoms with van der Waals surface area (Å²) in [5.41, 5.74) is 0.0642. The van der Waals surface area contributed by atoms with Crippen molar-refractivity contribution in [3.05, 3.63) is 94.5 Å². The van der Waals surface area contributed by atoms with E-state index in [0.717, 1.165) is 43.4 Å². The highest BCUT2D eigenvalue weighted by molar-refractivity contribution is 7.92. The van der Waals surface area contributed by atoms with Crippen molar-refractivity contribution >= 4 is 39.1 Å². The molecular weight excluding hydrogens is 615 g/mol.